The number of carbonyl (C=O) groups is 1. The van der Waals surface area contributed by atoms with Crippen molar-refractivity contribution in [3.63, 3.8) is 0 Å². The molecule has 1 saturated heterocycles. The molecule has 2 amide bonds. The van der Waals surface area contributed by atoms with Gasteiger partial charge in [0.05, 0.1) is 12.0 Å². The fourth-order valence-corrected chi connectivity index (χ4v) is 2.43. The number of hydrogen-bond acceptors (Lipinski definition) is 2. The van der Waals surface area contributed by atoms with Gasteiger partial charge in [-0.1, -0.05) is 20.8 Å². The van der Waals surface area contributed by atoms with Crippen molar-refractivity contribution in [3.05, 3.63) is 0 Å². The molecular formula is C13H21N3O. The van der Waals surface area contributed by atoms with E-state index in [1.54, 1.807) is 4.90 Å². The number of rotatable bonds is 1. The predicted molar refractivity (Wildman–Crippen MR) is 65.2 cm³/mol. The van der Waals surface area contributed by atoms with Crippen LogP contribution in [0.25, 0.3) is 0 Å². The molecule has 17 heavy (non-hydrogen) atoms. The number of hydrogen-bond donors (Lipinski definition) is 1. The van der Waals surface area contributed by atoms with Crippen LogP contribution in [0.4, 0.5) is 4.79 Å². The topological polar surface area (TPSA) is 56.1 Å². The van der Waals surface area contributed by atoms with Gasteiger partial charge in [0.2, 0.25) is 0 Å². The molecule has 0 bridgehead atoms. The highest BCUT2D eigenvalue weighted by molar-refractivity contribution is 5.75. The summed E-state index contributed by atoms with van der Waals surface area (Å²) in [4.78, 5) is 13.5. The van der Waals surface area contributed by atoms with Gasteiger partial charge in [0.25, 0.3) is 0 Å². The number of nitriles is 1. The first-order valence-corrected chi connectivity index (χ1v) is 6.35. The maximum atomic E-state index is 11.8. The molecule has 0 aromatic carbocycles. The summed E-state index contributed by atoms with van der Waals surface area (Å²) in [6, 6.07) is 2.52. The molecule has 1 aliphatic carbocycles. The van der Waals surface area contributed by atoms with Gasteiger partial charge in [-0.2, -0.15) is 5.26 Å². The molecule has 1 heterocycles. The summed E-state index contributed by atoms with van der Waals surface area (Å²) in [5.74, 6) is 0.764. The van der Waals surface area contributed by atoms with Gasteiger partial charge < -0.3 is 10.2 Å². The molecule has 2 fully saturated rings. The van der Waals surface area contributed by atoms with E-state index in [0.717, 1.165) is 18.8 Å². The minimum atomic E-state index is 0.00820. The Morgan fingerprint density at radius 2 is 1.94 bits per heavy atom. The van der Waals surface area contributed by atoms with Crippen LogP contribution in [0.2, 0.25) is 0 Å². The van der Waals surface area contributed by atoms with Crippen molar-refractivity contribution in [1.82, 2.24) is 10.2 Å². The second-order valence-corrected chi connectivity index (χ2v) is 6.41. The van der Waals surface area contributed by atoms with E-state index in [2.05, 4.69) is 32.2 Å². The normalized spacial score (nSPS) is 28.9. The molecule has 2 aliphatic rings. The van der Waals surface area contributed by atoms with Gasteiger partial charge in [-0.05, 0) is 24.2 Å². The van der Waals surface area contributed by atoms with Crippen LogP contribution in [-0.2, 0) is 0 Å². The molecule has 1 saturated carbocycles. The lowest BCUT2D eigenvalue weighted by atomic mass is 9.66. The first-order chi connectivity index (χ1) is 7.90. The average molecular weight is 235 g/mol. The SMILES string of the molecule is CC(C)(C)C1CC(NC(=O)N2CC(C#N)C2)C1. The van der Waals surface area contributed by atoms with Crippen molar-refractivity contribution in [2.24, 2.45) is 17.3 Å². The average Bonchev–Trinajstić information content (AvgIpc) is 2.06. The quantitative estimate of drug-likeness (QED) is 0.755. The molecule has 0 aromatic heterocycles. The zero-order chi connectivity index (χ0) is 12.6. The maximum Gasteiger partial charge on any atom is 0.317 e. The van der Waals surface area contributed by atoms with E-state index in [-0.39, 0.29) is 11.9 Å². The molecule has 0 aromatic rings. The summed E-state index contributed by atoms with van der Waals surface area (Å²) in [7, 11) is 0. The first-order valence-electron chi connectivity index (χ1n) is 6.35. The zero-order valence-electron chi connectivity index (χ0n) is 10.9. The summed E-state index contributed by atoms with van der Waals surface area (Å²) in [6.45, 7) is 7.95. The van der Waals surface area contributed by atoms with E-state index in [4.69, 9.17) is 5.26 Å². The van der Waals surface area contributed by atoms with Crippen molar-refractivity contribution in [3.8, 4) is 6.07 Å². The fourth-order valence-electron chi connectivity index (χ4n) is 2.43. The van der Waals surface area contributed by atoms with E-state index in [0.29, 0.717) is 24.5 Å². The van der Waals surface area contributed by atoms with Gasteiger partial charge >= 0.3 is 6.03 Å². The smallest absolute Gasteiger partial charge is 0.317 e. The van der Waals surface area contributed by atoms with Gasteiger partial charge in [-0.15, -0.1) is 0 Å². The molecule has 4 nitrogen and oxygen atoms in total. The lowest BCUT2D eigenvalue weighted by Gasteiger charge is -2.45. The van der Waals surface area contributed by atoms with E-state index in [1.165, 1.54) is 0 Å². The van der Waals surface area contributed by atoms with E-state index < -0.39 is 0 Å². The highest BCUT2D eigenvalue weighted by atomic mass is 16.2. The van der Waals surface area contributed by atoms with Gasteiger partial charge in [-0.3, -0.25) is 0 Å². The van der Waals surface area contributed by atoms with Crippen LogP contribution in [-0.4, -0.2) is 30.1 Å². The molecule has 0 unspecified atom stereocenters. The summed E-state index contributed by atoms with van der Waals surface area (Å²) < 4.78 is 0. The molecule has 4 heteroatoms. The second-order valence-electron chi connectivity index (χ2n) is 6.41. The number of carbonyl (C=O) groups excluding carboxylic acids is 1. The van der Waals surface area contributed by atoms with Crippen molar-refractivity contribution >= 4 is 6.03 Å². The van der Waals surface area contributed by atoms with Crippen molar-refractivity contribution < 1.29 is 4.79 Å². The van der Waals surface area contributed by atoms with Crippen LogP contribution in [0.1, 0.15) is 33.6 Å². The van der Waals surface area contributed by atoms with E-state index in [1.807, 2.05) is 0 Å². The van der Waals surface area contributed by atoms with Crippen LogP contribution < -0.4 is 5.32 Å². The third-order valence-corrected chi connectivity index (χ3v) is 4.04. The van der Waals surface area contributed by atoms with Gasteiger partial charge in [0.15, 0.2) is 0 Å². The Hall–Kier alpha value is -1.24. The van der Waals surface area contributed by atoms with E-state index in [9.17, 15) is 4.79 Å². The Balaban J connectivity index is 1.68. The third kappa shape index (κ3) is 2.54. The van der Waals surface area contributed by atoms with Crippen molar-refractivity contribution in [2.75, 3.05) is 13.1 Å². The van der Waals surface area contributed by atoms with Crippen LogP contribution in [0.5, 0.6) is 0 Å². The van der Waals surface area contributed by atoms with Gasteiger partial charge in [0.1, 0.15) is 0 Å². The Bertz CT molecular complexity index is 341. The molecule has 0 spiro atoms. The van der Waals surface area contributed by atoms with Crippen LogP contribution in [0.15, 0.2) is 0 Å². The number of amides is 2. The summed E-state index contributed by atoms with van der Waals surface area (Å²) in [5.41, 5.74) is 0.351. The maximum absolute atomic E-state index is 11.8. The number of nitrogens with one attached hydrogen (secondary N) is 1. The Kier molecular flexibility index (Phi) is 3.03. The molecule has 1 N–H and O–H groups in total. The first kappa shape index (κ1) is 12.2. The minimum absolute atomic E-state index is 0.00820. The Morgan fingerprint density at radius 3 is 2.41 bits per heavy atom. The zero-order valence-corrected chi connectivity index (χ0v) is 10.9. The fraction of sp³-hybridized carbons (Fsp3) is 0.846. The summed E-state index contributed by atoms with van der Waals surface area (Å²) >= 11 is 0. The lowest BCUT2D eigenvalue weighted by molar-refractivity contribution is 0.0881. The monoisotopic (exact) mass is 235 g/mol. The summed E-state index contributed by atoms with van der Waals surface area (Å²) in [6.07, 6.45) is 2.18. The largest absolute Gasteiger partial charge is 0.335 e. The number of nitrogens with zero attached hydrogens (tertiary/aromatic N) is 2. The highest BCUT2D eigenvalue weighted by Gasteiger charge is 2.39. The second kappa shape index (κ2) is 4.21. The van der Waals surface area contributed by atoms with Crippen LogP contribution in [0, 0.1) is 28.6 Å². The third-order valence-electron chi connectivity index (χ3n) is 4.04. The van der Waals surface area contributed by atoms with E-state index >= 15 is 0 Å². The highest BCUT2D eigenvalue weighted by Crippen LogP contribution is 2.41. The summed E-state index contributed by atoms with van der Waals surface area (Å²) in [5, 5.41) is 11.7. The Morgan fingerprint density at radius 1 is 1.35 bits per heavy atom. The predicted octanol–water partition coefficient (Wildman–Crippen LogP) is 1.98. The Labute approximate surface area is 103 Å². The standard InChI is InChI=1S/C13H21N3O/c1-13(2,3)10-4-11(5-10)15-12(17)16-7-9(6-14)8-16/h9-11H,4-5,7-8H2,1-3H3,(H,15,17). The molecular weight excluding hydrogens is 214 g/mol. The molecule has 94 valence electrons. The molecule has 0 radical (unpaired) electrons. The van der Waals surface area contributed by atoms with Crippen LogP contribution >= 0.6 is 0 Å². The molecule has 0 atom stereocenters. The lowest BCUT2D eigenvalue weighted by Crippen LogP contribution is -2.57. The minimum Gasteiger partial charge on any atom is -0.335 e. The number of urea groups is 1. The van der Waals surface area contributed by atoms with Gasteiger partial charge in [-0.25, -0.2) is 4.79 Å². The number of likely N-dealkylation sites (tertiary alicyclic amines) is 1. The van der Waals surface area contributed by atoms with Crippen LogP contribution in [0.3, 0.4) is 0 Å². The van der Waals surface area contributed by atoms with Crippen molar-refractivity contribution in [1.29, 1.82) is 5.26 Å². The van der Waals surface area contributed by atoms with Gasteiger partial charge in [0, 0.05) is 19.1 Å². The van der Waals surface area contributed by atoms with Crippen molar-refractivity contribution in [2.45, 2.75) is 39.7 Å². The molecule has 2 rings (SSSR count). The molecule has 1 aliphatic heterocycles.